The first kappa shape index (κ1) is 11.6. The standard InChI is InChI=1S/C13H11BrOS/c1-2-13(15)10-5-3-9(4-6-10)11-7-16-8-12(11)14/h3-8H,2H2,1H3. The molecule has 82 valence electrons. The van der Waals surface area contributed by atoms with E-state index in [1.807, 2.05) is 31.2 Å². The molecule has 2 rings (SSSR count). The lowest BCUT2D eigenvalue weighted by Gasteiger charge is -2.01. The quantitative estimate of drug-likeness (QED) is 0.745. The smallest absolute Gasteiger partial charge is 0.162 e. The Bertz CT molecular complexity index is 499. The second-order valence-corrected chi connectivity index (χ2v) is 5.09. The molecule has 0 saturated carbocycles. The summed E-state index contributed by atoms with van der Waals surface area (Å²) in [5, 5.41) is 4.15. The predicted molar refractivity (Wildman–Crippen MR) is 72.1 cm³/mol. The first-order valence-electron chi connectivity index (χ1n) is 5.07. The van der Waals surface area contributed by atoms with Crippen molar-refractivity contribution < 1.29 is 4.79 Å². The SMILES string of the molecule is CCC(=O)c1ccc(-c2cscc2Br)cc1. The van der Waals surface area contributed by atoms with Crippen LogP contribution in [-0.2, 0) is 0 Å². The largest absolute Gasteiger partial charge is 0.294 e. The lowest BCUT2D eigenvalue weighted by Crippen LogP contribution is -1.95. The van der Waals surface area contributed by atoms with E-state index >= 15 is 0 Å². The van der Waals surface area contributed by atoms with Gasteiger partial charge in [0, 0.05) is 27.4 Å². The van der Waals surface area contributed by atoms with E-state index < -0.39 is 0 Å². The van der Waals surface area contributed by atoms with Gasteiger partial charge in [0.1, 0.15) is 0 Å². The number of Topliss-reactive ketones (excluding diaryl/α,β-unsaturated/α-hetero) is 1. The molecule has 0 saturated heterocycles. The van der Waals surface area contributed by atoms with Gasteiger partial charge in [-0.3, -0.25) is 4.79 Å². The normalized spacial score (nSPS) is 10.4. The third kappa shape index (κ3) is 2.25. The molecule has 0 aliphatic heterocycles. The van der Waals surface area contributed by atoms with E-state index in [9.17, 15) is 4.79 Å². The number of benzene rings is 1. The number of carbonyl (C=O) groups is 1. The van der Waals surface area contributed by atoms with Crippen LogP contribution in [0.25, 0.3) is 11.1 Å². The Labute approximate surface area is 107 Å². The minimum absolute atomic E-state index is 0.191. The molecule has 2 aromatic rings. The Balaban J connectivity index is 2.33. The number of thiophene rings is 1. The number of rotatable bonds is 3. The van der Waals surface area contributed by atoms with Crippen LogP contribution in [0.15, 0.2) is 39.5 Å². The summed E-state index contributed by atoms with van der Waals surface area (Å²) in [6.45, 7) is 1.88. The van der Waals surface area contributed by atoms with Gasteiger partial charge in [0.2, 0.25) is 0 Å². The van der Waals surface area contributed by atoms with Gasteiger partial charge in [-0.05, 0) is 26.9 Å². The van der Waals surface area contributed by atoms with Gasteiger partial charge in [-0.2, -0.15) is 11.3 Å². The third-order valence-corrected chi connectivity index (χ3v) is 4.16. The summed E-state index contributed by atoms with van der Waals surface area (Å²) in [6.07, 6.45) is 0.557. The highest BCUT2D eigenvalue weighted by molar-refractivity contribution is 9.10. The Hall–Kier alpha value is -0.930. The van der Waals surface area contributed by atoms with Crippen molar-refractivity contribution in [1.29, 1.82) is 0 Å². The summed E-state index contributed by atoms with van der Waals surface area (Å²) >= 11 is 5.17. The number of hydrogen-bond acceptors (Lipinski definition) is 2. The fraction of sp³-hybridized carbons (Fsp3) is 0.154. The van der Waals surface area contributed by atoms with Crippen LogP contribution in [0, 0.1) is 0 Å². The van der Waals surface area contributed by atoms with Gasteiger partial charge in [0.25, 0.3) is 0 Å². The van der Waals surface area contributed by atoms with E-state index in [1.54, 1.807) is 11.3 Å². The lowest BCUT2D eigenvalue weighted by atomic mass is 10.0. The highest BCUT2D eigenvalue weighted by Gasteiger charge is 2.06. The molecule has 1 aromatic carbocycles. The molecule has 16 heavy (non-hydrogen) atoms. The van der Waals surface area contributed by atoms with E-state index in [2.05, 4.69) is 26.7 Å². The van der Waals surface area contributed by atoms with Crippen molar-refractivity contribution in [1.82, 2.24) is 0 Å². The Kier molecular flexibility index (Phi) is 3.56. The molecule has 1 aromatic heterocycles. The summed E-state index contributed by atoms with van der Waals surface area (Å²) in [5.41, 5.74) is 3.11. The van der Waals surface area contributed by atoms with Gasteiger partial charge in [0.15, 0.2) is 5.78 Å². The van der Waals surface area contributed by atoms with E-state index in [4.69, 9.17) is 0 Å². The molecule has 0 spiro atoms. The first-order valence-corrected chi connectivity index (χ1v) is 6.81. The van der Waals surface area contributed by atoms with E-state index in [0.29, 0.717) is 6.42 Å². The van der Waals surface area contributed by atoms with Gasteiger partial charge in [-0.25, -0.2) is 0 Å². The molecule has 0 aliphatic carbocycles. The maximum Gasteiger partial charge on any atom is 0.162 e. The molecule has 0 unspecified atom stereocenters. The molecule has 0 radical (unpaired) electrons. The molecule has 0 bridgehead atoms. The summed E-state index contributed by atoms with van der Waals surface area (Å²) in [6, 6.07) is 7.78. The van der Waals surface area contributed by atoms with Crippen molar-refractivity contribution in [2.24, 2.45) is 0 Å². The van der Waals surface area contributed by atoms with Gasteiger partial charge >= 0.3 is 0 Å². The molecule has 0 N–H and O–H groups in total. The van der Waals surface area contributed by atoms with Crippen LogP contribution >= 0.6 is 27.3 Å². The highest BCUT2D eigenvalue weighted by atomic mass is 79.9. The van der Waals surface area contributed by atoms with Crippen LogP contribution in [0.1, 0.15) is 23.7 Å². The Morgan fingerprint density at radius 1 is 1.25 bits per heavy atom. The summed E-state index contributed by atoms with van der Waals surface area (Å²) in [7, 11) is 0. The van der Waals surface area contributed by atoms with E-state index in [0.717, 1.165) is 15.6 Å². The van der Waals surface area contributed by atoms with Crippen molar-refractivity contribution in [2.75, 3.05) is 0 Å². The monoisotopic (exact) mass is 294 g/mol. The molecule has 3 heteroatoms. The molecule has 1 nitrogen and oxygen atoms in total. The molecule has 0 amide bonds. The van der Waals surface area contributed by atoms with Crippen LogP contribution in [0.4, 0.5) is 0 Å². The Morgan fingerprint density at radius 2 is 1.94 bits per heavy atom. The average molecular weight is 295 g/mol. The van der Waals surface area contributed by atoms with Crippen molar-refractivity contribution in [3.8, 4) is 11.1 Å². The van der Waals surface area contributed by atoms with Crippen LogP contribution in [0.3, 0.4) is 0 Å². The summed E-state index contributed by atoms with van der Waals surface area (Å²) in [4.78, 5) is 11.5. The molecule has 0 aliphatic rings. The van der Waals surface area contributed by atoms with Gasteiger partial charge in [-0.1, -0.05) is 31.2 Å². The lowest BCUT2D eigenvalue weighted by molar-refractivity contribution is 0.0988. The second kappa shape index (κ2) is 4.93. The average Bonchev–Trinajstić information content (AvgIpc) is 2.75. The first-order chi connectivity index (χ1) is 7.72. The minimum Gasteiger partial charge on any atom is -0.294 e. The van der Waals surface area contributed by atoms with E-state index in [-0.39, 0.29) is 5.78 Å². The van der Waals surface area contributed by atoms with E-state index in [1.165, 1.54) is 5.56 Å². The number of ketones is 1. The fourth-order valence-corrected chi connectivity index (χ4v) is 3.06. The van der Waals surface area contributed by atoms with Crippen molar-refractivity contribution >= 4 is 33.0 Å². The fourth-order valence-electron chi connectivity index (χ4n) is 1.53. The molecular weight excluding hydrogens is 284 g/mol. The van der Waals surface area contributed by atoms with Crippen LogP contribution in [0.5, 0.6) is 0 Å². The molecule has 1 heterocycles. The van der Waals surface area contributed by atoms with Crippen LogP contribution < -0.4 is 0 Å². The van der Waals surface area contributed by atoms with Crippen molar-refractivity contribution in [3.05, 3.63) is 45.1 Å². The Morgan fingerprint density at radius 3 is 2.44 bits per heavy atom. The van der Waals surface area contributed by atoms with Crippen molar-refractivity contribution in [3.63, 3.8) is 0 Å². The zero-order valence-electron chi connectivity index (χ0n) is 8.87. The van der Waals surface area contributed by atoms with Gasteiger partial charge < -0.3 is 0 Å². The van der Waals surface area contributed by atoms with Gasteiger partial charge in [-0.15, -0.1) is 0 Å². The third-order valence-electron chi connectivity index (χ3n) is 2.45. The molecular formula is C13H11BrOS. The van der Waals surface area contributed by atoms with Gasteiger partial charge in [0.05, 0.1) is 0 Å². The predicted octanol–water partition coefficient (Wildman–Crippen LogP) is 4.77. The highest BCUT2D eigenvalue weighted by Crippen LogP contribution is 2.31. The minimum atomic E-state index is 0.191. The second-order valence-electron chi connectivity index (χ2n) is 3.49. The zero-order chi connectivity index (χ0) is 11.5. The van der Waals surface area contributed by atoms with Crippen LogP contribution in [0.2, 0.25) is 0 Å². The topological polar surface area (TPSA) is 17.1 Å². The number of hydrogen-bond donors (Lipinski definition) is 0. The van der Waals surface area contributed by atoms with Crippen LogP contribution in [-0.4, -0.2) is 5.78 Å². The molecule has 0 atom stereocenters. The van der Waals surface area contributed by atoms with Crippen molar-refractivity contribution in [2.45, 2.75) is 13.3 Å². The number of halogens is 1. The summed E-state index contributed by atoms with van der Waals surface area (Å²) < 4.78 is 1.10. The maximum absolute atomic E-state index is 11.5. The molecule has 0 fully saturated rings. The summed E-state index contributed by atoms with van der Waals surface area (Å²) in [5.74, 6) is 0.191. The maximum atomic E-state index is 11.5. The zero-order valence-corrected chi connectivity index (χ0v) is 11.3. The number of carbonyl (C=O) groups excluding carboxylic acids is 1.